The molecule has 0 unspecified atom stereocenters. The Bertz CT molecular complexity index is 1020. The highest BCUT2D eigenvalue weighted by Gasteiger charge is 2.32. The Morgan fingerprint density at radius 2 is 1.50 bits per heavy atom. The van der Waals surface area contributed by atoms with Crippen LogP contribution in [0.4, 0.5) is 0 Å². The van der Waals surface area contributed by atoms with Crippen molar-refractivity contribution in [2.75, 3.05) is 33.2 Å². The Labute approximate surface area is 166 Å². The smallest absolute Gasteiger partial charge is 0.246 e. The highest BCUT2D eigenvalue weighted by Crippen LogP contribution is 2.29. The van der Waals surface area contributed by atoms with E-state index in [1.807, 2.05) is 67.7 Å². The van der Waals surface area contributed by atoms with E-state index in [1.54, 1.807) is 15.2 Å². The molecule has 1 fully saturated rings. The summed E-state index contributed by atoms with van der Waals surface area (Å²) in [7, 11) is -1.60. The zero-order chi connectivity index (χ0) is 19.6. The summed E-state index contributed by atoms with van der Waals surface area (Å²) in [5, 5.41) is 4.65. The quantitative estimate of drug-likeness (QED) is 0.665. The van der Waals surface area contributed by atoms with Crippen molar-refractivity contribution in [2.24, 2.45) is 0 Å². The van der Waals surface area contributed by atoms with Gasteiger partial charge in [-0.15, -0.1) is 0 Å². The first-order chi connectivity index (χ1) is 13.5. The van der Waals surface area contributed by atoms with Crippen molar-refractivity contribution < 1.29 is 8.42 Å². The van der Waals surface area contributed by atoms with Gasteiger partial charge in [0, 0.05) is 37.9 Å². The fourth-order valence-corrected chi connectivity index (χ4v) is 4.99. The maximum Gasteiger partial charge on any atom is 0.246 e. The van der Waals surface area contributed by atoms with Gasteiger partial charge in [-0.25, -0.2) is 8.42 Å². The van der Waals surface area contributed by atoms with Gasteiger partial charge in [-0.1, -0.05) is 60.7 Å². The second-order valence-corrected chi connectivity index (χ2v) is 9.00. The lowest BCUT2D eigenvalue weighted by Crippen LogP contribution is -2.47. The molecule has 2 heterocycles. The normalized spacial score (nSPS) is 16.3. The molecule has 0 N–H and O–H groups in total. The zero-order valence-corrected chi connectivity index (χ0v) is 16.7. The first-order valence-electron chi connectivity index (χ1n) is 9.39. The van der Waals surface area contributed by atoms with Crippen LogP contribution in [0.25, 0.3) is 11.3 Å². The van der Waals surface area contributed by atoms with E-state index >= 15 is 0 Å². The van der Waals surface area contributed by atoms with Gasteiger partial charge >= 0.3 is 0 Å². The SMILES string of the molecule is CN1CCN(S(=O)(=O)c2cn(Cc3ccccc3)nc2-c2ccccc2)CC1. The fourth-order valence-electron chi connectivity index (χ4n) is 3.41. The molecule has 1 aliphatic rings. The van der Waals surface area contributed by atoms with Crippen molar-refractivity contribution in [1.82, 2.24) is 19.0 Å². The predicted octanol–water partition coefficient (Wildman–Crippen LogP) is 2.53. The number of piperazine rings is 1. The molecule has 0 radical (unpaired) electrons. The van der Waals surface area contributed by atoms with Crippen LogP contribution in [0, 0.1) is 0 Å². The Morgan fingerprint density at radius 3 is 2.14 bits per heavy atom. The number of hydrogen-bond acceptors (Lipinski definition) is 4. The Kier molecular flexibility index (Phi) is 5.30. The summed E-state index contributed by atoms with van der Waals surface area (Å²) in [6, 6.07) is 19.4. The monoisotopic (exact) mass is 396 g/mol. The molecule has 6 nitrogen and oxygen atoms in total. The van der Waals surface area contributed by atoms with Crippen LogP contribution < -0.4 is 0 Å². The molecule has 0 saturated carbocycles. The molecule has 146 valence electrons. The van der Waals surface area contributed by atoms with Gasteiger partial charge in [0.15, 0.2) is 0 Å². The molecule has 28 heavy (non-hydrogen) atoms. The van der Waals surface area contributed by atoms with E-state index in [0.29, 0.717) is 25.3 Å². The maximum absolute atomic E-state index is 13.4. The van der Waals surface area contributed by atoms with Gasteiger partial charge in [0.2, 0.25) is 10.0 Å². The van der Waals surface area contributed by atoms with Crippen LogP contribution in [-0.4, -0.2) is 60.6 Å². The number of rotatable bonds is 5. The summed E-state index contributed by atoms with van der Waals surface area (Å²) in [4.78, 5) is 2.42. The van der Waals surface area contributed by atoms with Crippen molar-refractivity contribution in [3.8, 4) is 11.3 Å². The van der Waals surface area contributed by atoms with Crippen molar-refractivity contribution in [1.29, 1.82) is 0 Å². The second kappa shape index (κ2) is 7.87. The molecule has 1 aliphatic heterocycles. The van der Waals surface area contributed by atoms with Crippen molar-refractivity contribution in [2.45, 2.75) is 11.4 Å². The zero-order valence-electron chi connectivity index (χ0n) is 15.9. The standard InChI is InChI=1S/C21H24N4O2S/c1-23-12-14-25(15-13-23)28(26,27)20-17-24(16-18-8-4-2-5-9-18)22-21(20)19-10-6-3-7-11-19/h2-11,17H,12-16H2,1H3. The molecule has 2 aromatic carbocycles. The molecular weight excluding hydrogens is 372 g/mol. The van der Waals surface area contributed by atoms with Crippen LogP contribution in [0.2, 0.25) is 0 Å². The minimum Gasteiger partial charge on any atom is -0.304 e. The Hall–Kier alpha value is -2.48. The first-order valence-corrected chi connectivity index (χ1v) is 10.8. The molecule has 0 spiro atoms. The van der Waals surface area contributed by atoms with Gasteiger partial charge < -0.3 is 4.90 Å². The van der Waals surface area contributed by atoms with Crippen LogP contribution in [0.15, 0.2) is 71.8 Å². The maximum atomic E-state index is 13.4. The third-order valence-corrected chi connectivity index (χ3v) is 6.94. The molecule has 0 bridgehead atoms. The summed E-state index contributed by atoms with van der Waals surface area (Å²) < 4.78 is 30.1. The average Bonchev–Trinajstić information content (AvgIpc) is 3.14. The number of aromatic nitrogens is 2. The van der Waals surface area contributed by atoms with Crippen molar-refractivity contribution in [3.63, 3.8) is 0 Å². The molecule has 4 rings (SSSR count). The minimum absolute atomic E-state index is 0.277. The van der Waals surface area contributed by atoms with Gasteiger partial charge in [0.1, 0.15) is 10.6 Å². The molecule has 3 aromatic rings. The highest BCUT2D eigenvalue weighted by atomic mass is 32.2. The van der Waals surface area contributed by atoms with Crippen molar-refractivity contribution >= 4 is 10.0 Å². The van der Waals surface area contributed by atoms with E-state index in [1.165, 1.54) is 0 Å². The summed E-state index contributed by atoms with van der Waals surface area (Å²) >= 11 is 0. The fraction of sp³-hybridized carbons (Fsp3) is 0.286. The molecule has 0 amide bonds. The number of likely N-dealkylation sites (N-methyl/N-ethyl adjacent to an activating group) is 1. The van der Waals surface area contributed by atoms with Gasteiger partial charge in [-0.05, 0) is 12.6 Å². The number of nitrogens with zero attached hydrogens (tertiary/aromatic N) is 4. The van der Waals surface area contributed by atoms with Crippen LogP contribution in [0.1, 0.15) is 5.56 Å². The van der Waals surface area contributed by atoms with Crippen LogP contribution in [0.5, 0.6) is 0 Å². The van der Waals surface area contributed by atoms with Crippen LogP contribution in [-0.2, 0) is 16.6 Å². The third-order valence-electron chi connectivity index (χ3n) is 5.04. The first kappa shape index (κ1) is 18.9. The van der Waals surface area contributed by atoms with E-state index in [9.17, 15) is 8.42 Å². The summed E-state index contributed by atoms with van der Waals surface area (Å²) in [5.74, 6) is 0. The number of sulfonamides is 1. The van der Waals surface area contributed by atoms with Gasteiger partial charge in [0.25, 0.3) is 0 Å². The van der Waals surface area contributed by atoms with Crippen LogP contribution >= 0.6 is 0 Å². The highest BCUT2D eigenvalue weighted by molar-refractivity contribution is 7.89. The van der Waals surface area contributed by atoms with Gasteiger partial charge in [-0.2, -0.15) is 9.40 Å². The lowest BCUT2D eigenvalue weighted by Gasteiger charge is -2.31. The topological polar surface area (TPSA) is 58.4 Å². The molecule has 1 saturated heterocycles. The van der Waals surface area contributed by atoms with E-state index in [-0.39, 0.29) is 4.90 Å². The molecule has 0 aliphatic carbocycles. The van der Waals surface area contributed by atoms with E-state index in [4.69, 9.17) is 0 Å². The molecule has 1 aromatic heterocycles. The summed E-state index contributed by atoms with van der Waals surface area (Å²) in [6.07, 6.45) is 1.67. The second-order valence-electron chi connectivity index (χ2n) is 7.10. The number of benzene rings is 2. The van der Waals surface area contributed by atoms with Gasteiger partial charge in [0.05, 0.1) is 6.54 Å². The Balaban J connectivity index is 1.74. The van der Waals surface area contributed by atoms with E-state index in [2.05, 4.69) is 10.00 Å². The largest absolute Gasteiger partial charge is 0.304 e. The Morgan fingerprint density at radius 1 is 0.893 bits per heavy atom. The summed E-state index contributed by atoms with van der Waals surface area (Å²) in [5.41, 5.74) is 2.39. The molecular formula is C21H24N4O2S. The van der Waals surface area contributed by atoms with E-state index < -0.39 is 10.0 Å². The van der Waals surface area contributed by atoms with Gasteiger partial charge in [-0.3, -0.25) is 4.68 Å². The van der Waals surface area contributed by atoms with Crippen molar-refractivity contribution in [3.05, 3.63) is 72.4 Å². The average molecular weight is 397 g/mol. The third kappa shape index (κ3) is 3.87. The summed E-state index contributed by atoms with van der Waals surface area (Å²) in [6.45, 7) is 2.99. The number of hydrogen-bond donors (Lipinski definition) is 0. The van der Waals surface area contributed by atoms with Crippen LogP contribution in [0.3, 0.4) is 0 Å². The predicted molar refractivity (Wildman–Crippen MR) is 109 cm³/mol. The molecule has 0 atom stereocenters. The molecule has 7 heteroatoms. The minimum atomic E-state index is -3.61. The lowest BCUT2D eigenvalue weighted by molar-refractivity contribution is 0.222. The lowest BCUT2D eigenvalue weighted by atomic mass is 10.2. The van der Waals surface area contributed by atoms with E-state index in [0.717, 1.165) is 24.2 Å².